The highest BCUT2D eigenvalue weighted by Crippen LogP contribution is 2.21. The number of anilines is 2. The third kappa shape index (κ3) is 2.61. The summed E-state index contributed by atoms with van der Waals surface area (Å²) in [6.07, 6.45) is 3.80. The molecular formula is C11H18N4O. The standard InChI is InChI=1S/C11H18N4O/c1-7-6-10(15-11(12)13-7)14-8-4-2-3-5-9(8)16/h6,8-9,16H,2-5H2,1H3,(H3,12,13,14,15). The number of aliphatic hydroxyl groups is 1. The molecule has 1 heterocycles. The summed E-state index contributed by atoms with van der Waals surface area (Å²) in [5, 5.41) is 13.1. The van der Waals surface area contributed by atoms with Crippen LogP contribution in [0.2, 0.25) is 0 Å². The maximum Gasteiger partial charge on any atom is 0.222 e. The molecule has 1 aliphatic carbocycles. The molecule has 4 N–H and O–H groups in total. The first-order chi connectivity index (χ1) is 7.65. The van der Waals surface area contributed by atoms with E-state index in [0.717, 1.165) is 31.4 Å². The summed E-state index contributed by atoms with van der Waals surface area (Å²) in [4.78, 5) is 8.12. The van der Waals surface area contributed by atoms with Gasteiger partial charge in [-0.1, -0.05) is 12.8 Å². The second-order valence-corrected chi connectivity index (χ2v) is 4.36. The van der Waals surface area contributed by atoms with Crippen molar-refractivity contribution < 1.29 is 5.11 Å². The van der Waals surface area contributed by atoms with Crippen LogP contribution in [-0.2, 0) is 0 Å². The second kappa shape index (κ2) is 4.65. The number of hydrogen-bond donors (Lipinski definition) is 3. The van der Waals surface area contributed by atoms with E-state index in [1.807, 2.05) is 13.0 Å². The zero-order valence-corrected chi connectivity index (χ0v) is 9.48. The highest BCUT2D eigenvalue weighted by Gasteiger charge is 2.23. The monoisotopic (exact) mass is 222 g/mol. The molecule has 5 nitrogen and oxygen atoms in total. The van der Waals surface area contributed by atoms with Crippen molar-refractivity contribution in [2.45, 2.75) is 44.8 Å². The zero-order valence-electron chi connectivity index (χ0n) is 9.48. The summed E-state index contributed by atoms with van der Waals surface area (Å²) >= 11 is 0. The molecule has 1 aromatic heterocycles. The number of nitrogens with two attached hydrogens (primary N) is 1. The number of nitrogens with zero attached hydrogens (tertiary/aromatic N) is 2. The van der Waals surface area contributed by atoms with Crippen molar-refractivity contribution in [1.29, 1.82) is 0 Å². The fourth-order valence-corrected chi connectivity index (χ4v) is 2.14. The van der Waals surface area contributed by atoms with E-state index in [1.165, 1.54) is 0 Å². The van der Waals surface area contributed by atoms with Crippen LogP contribution < -0.4 is 11.1 Å². The van der Waals surface area contributed by atoms with Gasteiger partial charge in [0.15, 0.2) is 0 Å². The van der Waals surface area contributed by atoms with E-state index in [1.54, 1.807) is 0 Å². The zero-order chi connectivity index (χ0) is 11.5. The molecule has 1 aromatic rings. The van der Waals surface area contributed by atoms with Crippen molar-refractivity contribution >= 4 is 11.8 Å². The molecule has 16 heavy (non-hydrogen) atoms. The normalized spacial score (nSPS) is 25.4. The van der Waals surface area contributed by atoms with Crippen LogP contribution in [0.3, 0.4) is 0 Å². The average Bonchev–Trinajstić information content (AvgIpc) is 2.20. The summed E-state index contributed by atoms with van der Waals surface area (Å²) in [5.41, 5.74) is 6.41. The first-order valence-electron chi connectivity index (χ1n) is 5.71. The maximum atomic E-state index is 9.83. The number of aromatic nitrogens is 2. The number of nitrogen functional groups attached to an aromatic ring is 1. The van der Waals surface area contributed by atoms with Crippen molar-refractivity contribution in [3.8, 4) is 0 Å². The van der Waals surface area contributed by atoms with E-state index >= 15 is 0 Å². The summed E-state index contributed by atoms with van der Waals surface area (Å²) < 4.78 is 0. The van der Waals surface area contributed by atoms with Crippen molar-refractivity contribution in [2.24, 2.45) is 0 Å². The quantitative estimate of drug-likeness (QED) is 0.697. The Bertz CT molecular complexity index is 349. The highest BCUT2D eigenvalue weighted by molar-refractivity contribution is 5.41. The number of nitrogens with one attached hydrogen (secondary N) is 1. The van der Waals surface area contributed by atoms with Crippen LogP contribution in [0.15, 0.2) is 6.07 Å². The Hall–Kier alpha value is -1.36. The van der Waals surface area contributed by atoms with E-state index in [4.69, 9.17) is 5.73 Å². The van der Waals surface area contributed by atoms with Crippen LogP contribution in [0.1, 0.15) is 31.4 Å². The molecule has 0 aliphatic heterocycles. The first-order valence-corrected chi connectivity index (χ1v) is 5.71. The fourth-order valence-electron chi connectivity index (χ4n) is 2.14. The Morgan fingerprint density at radius 2 is 2.12 bits per heavy atom. The van der Waals surface area contributed by atoms with Gasteiger partial charge in [-0.05, 0) is 19.8 Å². The molecule has 1 saturated carbocycles. The lowest BCUT2D eigenvalue weighted by Gasteiger charge is -2.28. The smallest absolute Gasteiger partial charge is 0.222 e. The molecule has 2 rings (SSSR count). The van der Waals surface area contributed by atoms with E-state index < -0.39 is 0 Å². The Morgan fingerprint density at radius 3 is 2.81 bits per heavy atom. The summed E-state index contributed by atoms with van der Waals surface area (Å²) in [6, 6.07) is 1.93. The number of hydrogen-bond acceptors (Lipinski definition) is 5. The minimum absolute atomic E-state index is 0.0856. The molecule has 0 aromatic carbocycles. The molecule has 0 saturated heterocycles. The second-order valence-electron chi connectivity index (χ2n) is 4.36. The predicted molar refractivity (Wildman–Crippen MR) is 63.1 cm³/mol. The van der Waals surface area contributed by atoms with Crippen molar-refractivity contribution in [3.63, 3.8) is 0 Å². The van der Waals surface area contributed by atoms with Crippen molar-refractivity contribution in [3.05, 3.63) is 11.8 Å². The molecule has 88 valence electrons. The van der Waals surface area contributed by atoms with Crippen LogP contribution in [0, 0.1) is 6.92 Å². The Kier molecular flexibility index (Phi) is 3.24. The summed E-state index contributed by atoms with van der Waals surface area (Å²) in [5.74, 6) is 0.976. The van der Waals surface area contributed by atoms with Gasteiger partial charge in [-0.2, -0.15) is 4.98 Å². The topological polar surface area (TPSA) is 84.1 Å². The fraction of sp³-hybridized carbons (Fsp3) is 0.636. The molecule has 2 atom stereocenters. The minimum Gasteiger partial charge on any atom is -0.391 e. The predicted octanol–water partition coefficient (Wildman–Crippen LogP) is 1.08. The minimum atomic E-state index is -0.287. The Morgan fingerprint density at radius 1 is 1.38 bits per heavy atom. The number of aryl methyl sites for hydroxylation is 1. The first kappa shape index (κ1) is 11.1. The summed E-state index contributed by atoms with van der Waals surface area (Å²) in [7, 11) is 0. The summed E-state index contributed by atoms with van der Waals surface area (Å²) in [6.45, 7) is 1.88. The average molecular weight is 222 g/mol. The van der Waals surface area contributed by atoms with E-state index in [2.05, 4.69) is 15.3 Å². The van der Waals surface area contributed by atoms with Crippen LogP contribution >= 0.6 is 0 Å². The van der Waals surface area contributed by atoms with Gasteiger partial charge in [0, 0.05) is 11.8 Å². The van der Waals surface area contributed by atoms with Gasteiger partial charge in [-0.3, -0.25) is 0 Å². The van der Waals surface area contributed by atoms with E-state index in [-0.39, 0.29) is 18.1 Å². The third-order valence-corrected chi connectivity index (χ3v) is 2.93. The Balaban J connectivity index is 2.07. The van der Waals surface area contributed by atoms with Gasteiger partial charge in [0.1, 0.15) is 5.82 Å². The third-order valence-electron chi connectivity index (χ3n) is 2.93. The molecule has 0 bridgehead atoms. The van der Waals surface area contributed by atoms with Crippen LogP contribution in [0.5, 0.6) is 0 Å². The van der Waals surface area contributed by atoms with Crippen LogP contribution in [0.4, 0.5) is 11.8 Å². The van der Waals surface area contributed by atoms with Crippen LogP contribution in [0.25, 0.3) is 0 Å². The lowest BCUT2D eigenvalue weighted by molar-refractivity contribution is 0.116. The molecular weight excluding hydrogens is 204 g/mol. The van der Waals surface area contributed by atoms with Crippen molar-refractivity contribution in [2.75, 3.05) is 11.1 Å². The molecule has 1 aliphatic rings. The van der Waals surface area contributed by atoms with Gasteiger partial charge in [0.25, 0.3) is 0 Å². The number of rotatable bonds is 2. The SMILES string of the molecule is Cc1cc(NC2CCCCC2O)nc(N)n1. The molecule has 0 spiro atoms. The van der Waals surface area contributed by atoms with E-state index in [0.29, 0.717) is 5.82 Å². The van der Waals surface area contributed by atoms with E-state index in [9.17, 15) is 5.11 Å². The molecule has 0 radical (unpaired) electrons. The van der Waals surface area contributed by atoms with Gasteiger partial charge in [0.05, 0.1) is 12.1 Å². The lowest BCUT2D eigenvalue weighted by Crippen LogP contribution is -2.36. The van der Waals surface area contributed by atoms with Gasteiger partial charge in [-0.25, -0.2) is 4.98 Å². The molecule has 1 fully saturated rings. The van der Waals surface area contributed by atoms with Crippen LogP contribution in [-0.4, -0.2) is 27.2 Å². The van der Waals surface area contributed by atoms with Gasteiger partial charge < -0.3 is 16.2 Å². The van der Waals surface area contributed by atoms with Gasteiger partial charge >= 0.3 is 0 Å². The largest absolute Gasteiger partial charge is 0.391 e. The maximum absolute atomic E-state index is 9.83. The highest BCUT2D eigenvalue weighted by atomic mass is 16.3. The van der Waals surface area contributed by atoms with Crippen molar-refractivity contribution in [1.82, 2.24) is 9.97 Å². The number of aliphatic hydroxyl groups excluding tert-OH is 1. The van der Waals surface area contributed by atoms with Gasteiger partial charge in [0.2, 0.25) is 5.95 Å². The molecule has 2 unspecified atom stereocenters. The van der Waals surface area contributed by atoms with Gasteiger partial charge in [-0.15, -0.1) is 0 Å². The lowest BCUT2D eigenvalue weighted by atomic mass is 9.92. The molecule has 0 amide bonds. The Labute approximate surface area is 95.1 Å². The molecule has 5 heteroatoms.